The molecule has 0 bridgehead atoms. The fourth-order valence-corrected chi connectivity index (χ4v) is 2.54. The Morgan fingerprint density at radius 1 is 0.957 bits per heavy atom. The van der Waals surface area contributed by atoms with Crippen molar-refractivity contribution in [3.8, 4) is 5.69 Å². The van der Waals surface area contributed by atoms with Gasteiger partial charge in [0.15, 0.2) is 0 Å². The zero-order chi connectivity index (χ0) is 15.9. The van der Waals surface area contributed by atoms with E-state index >= 15 is 0 Å². The summed E-state index contributed by atoms with van der Waals surface area (Å²) in [6, 6.07) is 14.2. The summed E-state index contributed by atoms with van der Waals surface area (Å²) in [6.07, 6.45) is 7.33. The largest absolute Gasteiger partial charge is 0.395 e. The maximum atomic E-state index is 9.29. The van der Waals surface area contributed by atoms with Gasteiger partial charge in [-0.25, -0.2) is 4.68 Å². The summed E-state index contributed by atoms with van der Waals surface area (Å²) in [5, 5.41) is 13.5. The van der Waals surface area contributed by atoms with E-state index < -0.39 is 0 Å². The van der Waals surface area contributed by atoms with Crippen LogP contribution < -0.4 is 0 Å². The lowest BCUT2D eigenvalue weighted by molar-refractivity contribution is 0.184. The van der Waals surface area contributed by atoms with Crippen molar-refractivity contribution in [2.75, 3.05) is 13.2 Å². The molecule has 5 heteroatoms. The van der Waals surface area contributed by atoms with Gasteiger partial charge in [-0.15, -0.1) is 0 Å². The molecule has 0 radical (unpaired) electrons. The lowest BCUT2D eigenvalue weighted by atomic mass is 10.1. The minimum absolute atomic E-state index is 0.144. The van der Waals surface area contributed by atoms with Crippen LogP contribution in [-0.2, 0) is 13.1 Å². The lowest BCUT2D eigenvalue weighted by Crippen LogP contribution is -2.26. The molecule has 0 spiro atoms. The molecule has 0 amide bonds. The first-order chi connectivity index (χ1) is 11.3. The summed E-state index contributed by atoms with van der Waals surface area (Å²) >= 11 is 0. The SMILES string of the molecule is OCCN(Cc1ccc(-n2cccn2)cc1)Cc1cccnc1. The second-order valence-corrected chi connectivity index (χ2v) is 5.41. The highest BCUT2D eigenvalue weighted by Gasteiger charge is 2.07. The number of rotatable bonds is 7. The lowest BCUT2D eigenvalue weighted by Gasteiger charge is -2.21. The molecule has 0 atom stereocenters. The second-order valence-electron chi connectivity index (χ2n) is 5.41. The Bertz CT molecular complexity index is 696. The Morgan fingerprint density at radius 2 is 1.78 bits per heavy atom. The average molecular weight is 308 g/mol. The summed E-state index contributed by atoms with van der Waals surface area (Å²) in [5.41, 5.74) is 3.40. The number of hydrogen-bond acceptors (Lipinski definition) is 4. The van der Waals surface area contributed by atoms with Crippen LogP contribution in [0.15, 0.2) is 67.3 Å². The summed E-state index contributed by atoms with van der Waals surface area (Å²) in [4.78, 5) is 6.35. The zero-order valence-corrected chi connectivity index (χ0v) is 12.9. The van der Waals surface area contributed by atoms with E-state index in [1.165, 1.54) is 5.56 Å². The summed E-state index contributed by atoms with van der Waals surface area (Å²) in [7, 11) is 0. The van der Waals surface area contributed by atoms with Gasteiger partial charge in [0.05, 0.1) is 12.3 Å². The number of benzene rings is 1. The Balaban J connectivity index is 1.67. The molecule has 2 aromatic heterocycles. The van der Waals surface area contributed by atoms with Crippen LogP contribution in [0.1, 0.15) is 11.1 Å². The maximum Gasteiger partial charge on any atom is 0.0645 e. The van der Waals surface area contributed by atoms with Crippen molar-refractivity contribution < 1.29 is 5.11 Å². The molecule has 2 heterocycles. The van der Waals surface area contributed by atoms with Gasteiger partial charge >= 0.3 is 0 Å². The highest BCUT2D eigenvalue weighted by Crippen LogP contribution is 2.12. The second kappa shape index (κ2) is 7.67. The van der Waals surface area contributed by atoms with Crippen molar-refractivity contribution in [1.82, 2.24) is 19.7 Å². The van der Waals surface area contributed by atoms with Crippen LogP contribution in [0.3, 0.4) is 0 Å². The quantitative estimate of drug-likeness (QED) is 0.727. The predicted molar refractivity (Wildman–Crippen MR) is 89.0 cm³/mol. The van der Waals surface area contributed by atoms with Crippen molar-refractivity contribution in [2.24, 2.45) is 0 Å². The molecule has 118 valence electrons. The molecule has 1 N–H and O–H groups in total. The Kier molecular flexibility index (Phi) is 5.13. The maximum absolute atomic E-state index is 9.29. The number of pyridine rings is 1. The van der Waals surface area contributed by atoms with E-state index in [-0.39, 0.29) is 6.61 Å². The zero-order valence-electron chi connectivity index (χ0n) is 12.9. The van der Waals surface area contributed by atoms with Crippen LogP contribution >= 0.6 is 0 Å². The first kappa shape index (κ1) is 15.4. The number of nitrogens with zero attached hydrogens (tertiary/aromatic N) is 4. The molecule has 0 saturated carbocycles. The van der Waals surface area contributed by atoms with Gasteiger partial charge in [-0.1, -0.05) is 18.2 Å². The van der Waals surface area contributed by atoms with Gasteiger partial charge < -0.3 is 5.11 Å². The molecule has 0 saturated heterocycles. The van der Waals surface area contributed by atoms with Crippen LogP contribution in [0.2, 0.25) is 0 Å². The van der Waals surface area contributed by atoms with Gasteiger partial charge in [0.2, 0.25) is 0 Å². The highest BCUT2D eigenvalue weighted by molar-refractivity contribution is 5.33. The van der Waals surface area contributed by atoms with E-state index in [1.807, 2.05) is 29.2 Å². The standard InChI is InChI=1S/C18H20N4O/c23-12-11-21(15-17-3-1-8-19-13-17)14-16-4-6-18(7-5-16)22-10-2-9-20-22/h1-10,13,23H,11-12,14-15H2. The van der Waals surface area contributed by atoms with Crippen molar-refractivity contribution in [3.63, 3.8) is 0 Å². The molecular formula is C18H20N4O. The third kappa shape index (κ3) is 4.25. The predicted octanol–water partition coefficient (Wildman–Crippen LogP) is 2.26. The Morgan fingerprint density at radius 3 is 2.43 bits per heavy atom. The fraction of sp³-hybridized carbons (Fsp3) is 0.222. The molecule has 0 aliphatic rings. The van der Waals surface area contributed by atoms with E-state index in [2.05, 4.69) is 45.3 Å². The third-order valence-electron chi connectivity index (χ3n) is 3.66. The smallest absolute Gasteiger partial charge is 0.0645 e. The Labute approximate surface area is 135 Å². The van der Waals surface area contributed by atoms with Crippen molar-refractivity contribution >= 4 is 0 Å². The molecule has 3 aromatic rings. The molecule has 0 unspecified atom stereocenters. The van der Waals surface area contributed by atoms with Gasteiger partial charge in [0, 0.05) is 44.4 Å². The van der Waals surface area contributed by atoms with Crippen LogP contribution in [0.5, 0.6) is 0 Å². The van der Waals surface area contributed by atoms with E-state index in [0.29, 0.717) is 6.54 Å². The summed E-state index contributed by atoms with van der Waals surface area (Å²) in [5.74, 6) is 0. The van der Waals surface area contributed by atoms with Gasteiger partial charge in [0.1, 0.15) is 0 Å². The van der Waals surface area contributed by atoms with E-state index in [9.17, 15) is 5.11 Å². The average Bonchev–Trinajstić information content (AvgIpc) is 3.11. The van der Waals surface area contributed by atoms with Gasteiger partial charge in [-0.05, 0) is 35.4 Å². The minimum Gasteiger partial charge on any atom is -0.395 e. The van der Waals surface area contributed by atoms with Crippen LogP contribution in [-0.4, -0.2) is 37.9 Å². The number of aliphatic hydroxyl groups is 1. The van der Waals surface area contributed by atoms with Crippen molar-refractivity contribution in [1.29, 1.82) is 0 Å². The minimum atomic E-state index is 0.144. The van der Waals surface area contributed by atoms with Crippen LogP contribution in [0, 0.1) is 0 Å². The molecule has 23 heavy (non-hydrogen) atoms. The number of aromatic nitrogens is 3. The topological polar surface area (TPSA) is 54.2 Å². The molecule has 0 aliphatic heterocycles. The molecule has 0 aliphatic carbocycles. The van der Waals surface area contributed by atoms with Crippen molar-refractivity contribution in [2.45, 2.75) is 13.1 Å². The molecule has 3 rings (SSSR count). The molecule has 0 fully saturated rings. The van der Waals surface area contributed by atoms with E-state index in [4.69, 9.17) is 0 Å². The van der Waals surface area contributed by atoms with Crippen LogP contribution in [0.4, 0.5) is 0 Å². The molecule has 1 aromatic carbocycles. The normalized spacial score (nSPS) is 11.0. The first-order valence-corrected chi connectivity index (χ1v) is 7.66. The van der Waals surface area contributed by atoms with Crippen molar-refractivity contribution in [3.05, 3.63) is 78.4 Å². The van der Waals surface area contributed by atoms with Crippen LogP contribution in [0.25, 0.3) is 5.69 Å². The first-order valence-electron chi connectivity index (χ1n) is 7.66. The highest BCUT2D eigenvalue weighted by atomic mass is 16.3. The molecule has 5 nitrogen and oxygen atoms in total. The van der Waals surface area contributed by atoms with E-state index in [1.54, 1.807) is 12.4 Å². The summed E-state index contributed by atoms with van der Waals surface area (Å²) in [6.45, 7) is 2.34. The third-order valence-corrected chi connectivity index (χ3v) is 3.66. The van der Waals surface area contributed by atoms with Gasteiger partial charge in [-0.3, -0.25) is 9.88 Å². The number of aliphatic hydroxyl groups excluding tert-OH is 1. The Hall–Kier alpha value is -2.50. The molecular weight excluding hydrogens is 288 g/mol. The van der Waals surface area contributed by atoms with E-state index in [0.717, 1.165) is 24.3 Å². The fourth-order valence-electron chi connectivity index (χ4n) is 2.54. The summed E-state index contributed by atoms with van der Waals surface area (Å²) < 4.78 is 1.84. The van der Waals surface area contributed by atoms with Gasteiger partial charge in [0.25, 0.3) is 0 Å². The monoisotopic (exact) mass is 308 g/mol. The van der Waals surface area contributed by atoms with Gasteiger partial charge in [-0.2, -0.15) is 5.10 Å². The number of hydrogen-bond donors (Lipinski definition) is 1.